The first-order chi connectivity index (χ1) is 13.6. The lowest BCUT2D eigenvalue weighted by molar-refractivity contribution is -0.0679. The van der Waals surface area contributed by atoms with Gasteiger partial charge in [0.2, 0.25) is 0 Å². The molecule has 1 aliphatic heterocycles. The van der Waals surface area contributed by atoms with E-state index < -0.39 is 0 Å². The molecule has 0 radical (unpaired) electrons. The van der Waals surface area contributed by atoms with Crippen LogP contribution in [0.15, 0.2) is 54.6 Å². The van der Waals surface area contributed by atoms with Crippen LogP contribution in [0.4, 0.5) is 0 Å². The molecule has 1 heterocycles. The Balaban J connectivity index is 1.37. The zero-order valence-electron chi connectivity index (χ0n) is 16.8. The van der Waals surface area contributed by atoms with Crippen molar-refractivity contribution >= 4 is 5.91 Å². The molecule has 0 spiro atoms. The highest BCUT2D eigenvalue weighted by Crippen LogP contribution is 2.14. The molecule has 0 aromatic heterocycles. The SMILES string of the molecule is CC1CN(CCCNC(=O)c2ccc(OCc3ccccc3)cc2)CC(C)O1. The topological polar surface area (TPSA) is 50.8 Å². The van der Waals surface area contributed by atoms with Crippen molar-refractivity contribution in [3.8, 4) is 5.75 Å². The Bertz CT molecular complexity index is 723. The first-order valence-electron chi connectivity index (χ1n) is 10.0. The van der Waals surface area contributed by atoms with Gasteiger partial charge in [-0.25, -0.2) is 0 Å². The van der Waals surface area contributed by atoms with Crippen molar-refractivity contribution in [2.45, 2.75) is 39.1 Å². The van der Waals surface area contributed by atoms with Gasteiger partial charge in [0.25, 0.3) is 5.91 Å². The average molecular weight is 383 g/mol. The zero-order chi connectivity index (χ0) is 19.8. The van der Waals surface area contributed by atoms with Crippen molar-refractivity contribution in [2.75, 3.05) is 26.2 Å². The lowest BCUT2D eigenvalue weighted by Gasteiger charge is -2.35. The van der Waals surface area contributed by atoms with Crippen LogP contribution < -0.4 is 10.1 Å². The summed E-state index contributed by atoms with van der Waals surface area (Å²) in [4.78, 5) is 14.7. The maximum absolute atomic E-state index is 12.3. The van der Waals surface area contributed by atoms with Crippen molar-refractivity contribution in [3.05, 3.63) is 65.7 Å². The summed E-state index contributed by atoms with van der Waals surface area (Å²) in [5, 5.41) is 3.00. The van der Waals surface area contributed by atoms with Gasteiger partial charge in [-0.05, 0) is 50.1 Å². The number of carbonyl (C=O) groups is 1. The Morgan fingerprint density at radius 1 is 1.07 bits per heavy atom. The Morgan fingerprint density at radius 3 is 2.43 bits per heavy atom. The highest BCUT2D eigenvalue weighted by molar-refractivity contribution is 5.94. The van der Waals surface area contributed by atoms with E-state index >= 15 is 0 Å². The number of amides is 1. The molecule has 28 heavy (non-hydrogen) atoms. The van der Waals surface area contributed by atoms with Crippen LogP contribution >= 0.6 is 0 Å². The molecule has 5 nitrogen and oxygen atoms in total. The third kappa shape index (κ3) is 6.36. The fraction of sp³-hybridized carbons (Fsp3) is 0.435. The number of morpholine rings is 1. The second-order valence-electron chi connectivity index (χ2n) is 7.42. The quantitative estimate of drug-likeness (QED) is 0.710. The van der Waals surface area contributed by atoms with Gasteiger partial charge in [0, 0.05) is 31.7 Å². The van der Waals surface area contributed by atoms with Gasteiger partial charge >= 0.3 is 0 Å². The molecule has 1 fully saturated rings. The first kappa shape index (κ1) is 20.4. The molecule has 5 heteroatoms. The summed E-state index contributed by atoms with van der Waals surface area (Å²) < 4.78 is 11.5. The zero-order valence-corrected chi connectivity index (χ0v) is 16.8. The van der Waals surface area contributed by atoms with Crippen molar-refractivity contribution in [3.63, 3.8) is 0 Å². The molecule has 1 aliphatic rings. The minimum Gasteiger partial charge on any atom is -0.489 e. The lowest BCUT2D eigenvalue weighted by atomic mass is 10.2. The van der Waals surface area contributed by atoms with Crippen molar-refractivity contribution in [1.29, 1.82) is 0 Å². The Labute approximate surface area is 167 Å². The van der Waals surface area contributed by atoms with E-state index in [2.05, 4.69) is 24.1 Å². The van der Waals surface area contributed by atoms with Crippen LogP contribution in [0.25, 0.3) is 0 Å². The number of ether oxygens (including phenoxy) is 2. The molecule has 0 bridgehead atoms. The molecule has 2 atom stereocenters. The molecule has 1 N–H and O–H groups in total. The van der Waals surface area contributed by atoms with Gasteiger partial charge in [0.05, 0.1) is 12.2 Å². The fourth-order valence-corrected chi connectivity index (χ4v) is 3.52. The number of hydrogen-bond donors (Lipinski definition) is 1. The monoisotopic (exact) mass is 382 g/mol. The summed E-state index contributed by atoms with van der Waals surface area (Å²) in [7, 11) is 0. The van der Waals surface area contributed by atoms with Gasteiger partial charge in [0.1, 0.15) is 12.4 Å². The average Bonchev–Trinajstić information content (AvgIpc) is 2.70. The minimum atomic E-state index is -0.0432. The van der Waals surface area contributed by atoms with Crippen LogP contribution in [0.5, 0.6) is 5.75 Å². The van der Waals surface area contributed by atoms with Crippen LogP contribution in [0.1, 0.15) is 36.2 Å². The van der Waals surface area contributed by atoms with Gasteiger partial charge in [-0.15, -0.1) is 0 Å². The maximum Gasteiger partial charge on any atom is 0.251 e. The number of benzene rings is 2. The summed E-state index contributed by atoms with van der Waals surface area (Å²) in [6.45, 7) is 8.31. The summed E-state index contributed by atoms with van der Waals surface area (Å²) in [5.41, 5.74) is 1.77. The Morgan fingerprint density at radius 2 is 1.75 bits per heavy atom. The van der Waals surface area contributed by atoms with E-state index in [1.54, 1.807) is 12.1 Å². The van der Waals surface area contributed by atoms with E-state index in [1.807, 2.05) is 42.5 Å². The van der Waals surface area contributed by atoms with E-state index in [0.717, 1.165) is 37.4 Å². The number of hydrogen-bond acceptors (Lipinski definition) is 4. The van der Waals surface area contributed by atoms with Gasteiger partial charge in [0.15, 0.2) is 0 Å². The Kier molecular flexibility index (Phi) is 7.46. The summed E-state index contributed by atoms with van der Waals surface area (Å²) in [6, 6.07) is 17.3. The number of carbonyl (C=O) groups excluding carboxylic acids is 1. The van der Waals surface area contributed by atoms with Gasteiger partial charge in [-0.1, -0.05) is 30.3 Å². The molecule has 2 unspecified atom stereocenters. The molecule has 150 valence electrons. The smallest absolute Gasteiger partial charge is 0.251 e. The molecule has 3 rings (SSSR count). The molecular formula is C23H30N2O3. The van der Waals surface area contributed by atoms with Crippen molar-refractivity contribution in [1.82, 2.24) is 10.2 Å². The van der Waals surface area contributed by atoms with Gasteiger partial charge in [-0.2, -0.15) is 0 Å². The van der Waals surface area contributed by atoms with Gasteiger partial charge in [-0.3, -0.25) is 9.69 Å². The molecule has 2 aromatic carbocycles. The number of nitrogens with zero attached hydrogens (tertiary/aromatic N) is 1. The second kappa shape index (κ2) is 10.2. The summed E-state index contributed by atoms with van der Waals surface area (Å²) >= 11 is 0. The lowest BCUT2D eigenvalue weighted by Crippen LogP contribution is -2.46. The van der Waals surface area contributed by atoms with Crippen LogP contribution in [0, 0.1) is 0 Å². The van der Waals surface area contributed by atoms with E-state index in [0.29, 0.717) is 18.7 Å². The van der Waals surface area contributed by atoms with Gasteiger partial charge < -0.3 is 14.8 Å². The normalized spacial score (nSPS) is 19.9. The highest BCUT2D eigenvalue weighted by atomic mass is 16.5. The summed E-state index contributed by atoms with van der Waals surface area (Å²) in [5.74, 6) is 0.717. The molecule has 2 aromatic rings. The van der Waals surface area contributed by atoms with E-state index in [1.165, 1.54) is 0 Å². The van der Waals surface area contributed by atoms with E-state index in [4.69, 9.17) is 9.47 Å². The third-order valence-corrected chi connectivity index (χ3v) is 4.80. The molecule has 1 amide bonds. The standard InChI is InChI=1S/C23H30N2O3/c1-18-15-25(16-19(2)28-18)14-6-13-24-23(26)21-9-11-22(12-10-21)27-17-20-7-4-3-5-8-20/h3-5,7-12,18-19H,6,13-17H2,1-2H3,(H,24,26). The predicted octanol–water partition coefficient (Wildman–Crippen LogP) is 3.49. The predicted molar refractivity (Wildman–Crippen MR) is 111 cm³/mol. The minimum absolute atomic E-state index is 0.0432. The number of nitrogens with one attached hydrogen (secondary N) is 1. The van der Waals surface area contributed by atoms with Crippen molar-refractivity contribution in [2.24, 2.45) is 0 Å². The van der Waals surface area contributed by atoms with Crippen LogP contribution in [-0.4, -0.2) is 49.2 Å². The van der Waals surface area contributed by atoms with Crippen LogP contribution in [-0.2, 0) is 11.3 Å². The molecule has 0 aliphatic carbocycles. The third-order valence-electron chi connectivity index (χ3n) is 4.80. The van der Waals surface area contributed by atoms with E-state index in [-0.39, 0.29) is 18.1 Å². The first-order valence-corrected chi connectivity index (χ1v) is 10.0. The highest BCUT2D eigenvalue weighted by Gasteiger charge is 2.21. The van der Waals surface area contributed by atoms with Crippen LogP contribution in [0.2, 0.25) is 0 Å². The molecule has 0 saturated carbocycles. The fourth-order valence-electron chi connectivity index (χ4n) is 3.52. The van der Waals surface area contributed by atoms with E-state index in [9.17, 15) is 4.79 Å². The molecular weight excluding hydrogens is 352 g/mol. The van der Waals surface area contributed by atoms with Crippen molar-refractivity contribution < 1.29 is 14.3 Å². The molecule has 1 saturated heterocycles. The van der Waals surface area contributed by atoms with Crippen LogP contribution in [0.3, 0.4) is 0 Å². The number of rotatable bonds is 8. The Hall–Kier alpha value is -2.37. The maximum atomic E-state index is 12.3. The largest absolute Gasteiger partial charge is 0.489 e. The second-order valence-corrected chi connectivity index (χ2v) is 7.42. The summed E-state index contributed by atoms with van der Waals surface area (Å²) in [6.07, 6.45) is 1.49.